The Morgan fingerprint density at radius 1 is 1.67 bits per heavy atom. The lowest BCUT2D eigenvalue weighted by Gasteiger charge is -2.06. The molecule has 0 unspecified atom stereocenters. The number of rotatable bonds is 5. The highest BCUT2D eigenvalue weighted by Crippen LogP contribution is 2.21. The SMILES string of the molecule is CCNC(=O)CNc1ncc(C#N)cc1[N+](=O)[O-]. The Balaban J connectivity index is 2.86. The van der Waals surface area contributed by atoms with Crippen LogP contribution in [0.15, 0.2) is 12.3 Å². The molecule has 8 heteroatoms. The first-order valence-corrected chi connectivity index (χ1v) is 5.13. The second-order valence-corrected chi connectivity index (χ2v) is 3.27. The molecule has 0 fully saturated rings. The average molecular weight is 249 g/mol. The molecule has 1 amide bonds. The van der Waals surface area contributed by atoms with Gasteiger partial charge < -0.3 is 10.6 Å². The summed E-state index contributed by atoms with van der Waals surface area (Å²) in [5.41, 5.74) is -0.247. The van der Waals surface area contributed by atoms with Gasteiger partial charge in [0, 0.05) is 18.8 Å². The third-order valence-electron chi connectivity index (χ3n) is 1.98. The lowest BCUT2D eigenvalue weighted by molar-refractivity contribution is -0.384. The van der Waals surface area contributed by atoms with Crippen LogP contribution in [0.4, 0.5) is 11.5 Å². The minimum absolute atomic E-state index is 0.0368. The molecule has 8 nitrogen and oxygen atoms in total. The predicted octanol–water partition coefficient (Wildman–Crippen LogP) is 0.409. The molecule has 2 N–H and O–H groups in total. The number of carbonyl (C=O) groups excluding carboxylic acids is 1. The fourth-order valence-electron chi connectivity index (χ4n) is 1.21. The number of hydrogen-bond donors (Lipinski definition) is 2. The molecule has 0 saturated heterocycles. The molecule has 1 aromatic heterocycles. The molecule has 1 aromatic rings. The number of amides is 1. The second-order valence-electron chi connectivity index (χ2n) is 3.27. The highest BCUT2D eigenvalue weighted by Gasteiger charge is 2.16. The Bertz CT molecular complexity index is 509. The zero-order valence-electron chi connectivity index (χ0n) is 9.64. The van der Waals surface area contributed by atoms with Gasteiger partial charge in [-0.25, -0.2) is 4.98 Å². The van der Waals surface area contributed by atoms with Crippen molar-refractivity contribution in [2.45, 2.75) is 6.92 Å². The molecule has 0 atom stereocenters. The molecule has 0 aliphatic rings. The van der Waals surface area contributed by atoms with Crippen LogP contribution in [-0.4, -0.2) is 28.9 Å². The summed E-state index contributed by atoms with van der Waals surface area (Å²) < 4.78 is 0. The van der Waals surface area contributed by atoms with E-state index in [-0.39, 0.29) is 29.5 Å². The number of pyridine rings is 1. The van der Waals surface area contributed by atoms with Gasteiger partial charge in [-0.2, -0.15) is 5.26 Å². The minimum Gasteiger partial charge on any atom is -0.355 e. The molecule has 0 radical (unpaired) electrons. The summed E-state index contributed by atoms with van der Waals surface area (Å²) in [4.78, 5) is 25.1. The number of likely N-dealkylation sites (N-methyl/N-ethyl adjacent to an activating group) is 1. The molecule has 0 bridgehead atoms. The van der Waals surface area contributed by atoms with Gasteiger partial charge in [-0.15, -0.1) is 0 Å². The molecule has 1 heterocycles. The van der Waals surface area contributed by atoms with Gasteiger partial charge >= 0.3 is 5.69 Å². The van der Waals surface area contributed by atoms with E-state index in [4.69, 9.17) is 5.26 Å². The number of anilines is 1. The molecular weight excluding hydrogens is 238 g/mol. The second kappa shape index (κ2) is 6.15. The molecule has 18 heavy (non-hydrogen) atoms. The van der Waals surface area contributed by atoms with Crippen LogP contribution in [0.5, 0.6) is 0 Å². The Morgan fingerprint density at radius 3 is 2.94 bits per heavy atom. The van der Waals surface area contributed by atoms with Crippen molar-refractivity contribution < 1.29 is 9.72 Å². The van der Waals surface area contributed by atoms with Crippen LogP contribution < -0.4 is 10.6 Å². The van der Waals surface area contributed by atoms with E-state index >= 15 is 0 Å². The summed E-state index contributed by atoms with van der Waals surface area (Å²) in [6, 6.07) is 2.86. The summed E-state index contributed by atoms with van der Waals surface area (Å²) >= 11 is 0. The maximum Gasteiger partial charge on any atom is 0.312 e. The maximum absolute atomic E-state index is 11.2. The van der Waals surface area contributed by atoms with E-state index in [1.54, 1.807) is 13.0 Å². The van der Waals surface area contributed by atoms with Gasteiger partial charge in [0.25, 0.3) is 0 Å². The summed E-state index contributed by atoms with van der Waals surface area (Å²) in [7, 11) is 0. The minimum atomic E-state index is -0.659. The number of carbonyl (C=O) groups is 1. The van der Waals surface area contributed by atoms with Crippen molar-refractivity contribution in [3.05, 3.63) is 27.9 Å². The van der Waals surface area contributed by atoms with Gasteiger partial charge in [-0.05, 0) is 6.92 Å². The van der Waals surface area contributed by atoms with Gasteiger partial charge in [0.15, 0.2) is 0 Å². The van der Waals surface area contributed by atoms with Crippen LogP contribution in [0.2, 0.25) is 0 Å². The van der Waals surface area contributed by atoms with E-state index < -0.39 is 4.92 Å². The lowest BCUT2D eigenvalue weighted by Crippen LogP contribution is -2.29. The predicted molar refractivity (Wildman–Crippen MR) is 62.8 cm³/mol. The molecule has 1 rings (SSSR count). The summed E-state index contributed by atoms with van der Waals surface area (Å²) in [6.07, 6.45) is 1.20. The molecule has 0 spiro atoms. The van der Waals surface area contributed by atoms with Gasteiger partial charge in [0.1, 0.15) is 6.07 Å². The zero-order chi connectivity index (χ0) is 13.5. The van der Waals surface area contributed by atoms with Gasteiger partial charge in [0.2, 0.25) is 11.7 Å². The zero-order valence-corrected chi connectivity index (χ0v) is 9.64. The average Bonchev–Trinajstić information content (AvgIpc) is 2.36. The smallest absolute Gasteiger partial charge is 0.312 e. The Kier molecular flexibility index (Phi) is 4.57. The number of hydrogen-bond acceptors (Lipinski definition) is 6. The Labute approximate surface area is 103 Å². The van der Waals surface area contributed by atoms with Crippen molar-refractivity contribution in [3.8, 4) is 6.07 Å². The van der Waals surface area contributed by atoms with Crippen LogP contribution in [-0.2, 0) is 4.79 Å². The Hall–Kier alpha value is -2.69. The number of nitrogens with one attached hydrogen (secondary N) is 2. The summed E-state index contributed by atoms with van der Waals surface area (Å²) in [5.74, 6) is -0.330. The fourth-order valence-corrected chi connectivity index (χ4v) is 1.21. The van der Waals surface area contributed by atoms with Crippen LogP contribution >= 0.6 is 0 Å². The number of nitro groups is 1. The normalized spacial score (nSPS) is 9.33. The van der Waals surface area contributed by atoms with E-state index in [0.29, 0.717) is 6.54 Å². The molecule has 0 saturated carbocycles. The van der Waals surface area contributed by atoms with Crippen molar-refractivity contribution in [2.24, 2.45) is 0 Å². The maximum atomic E-state index is 11.2. The standard InChI is InChI=1S/C10H11N5O3/c1-2-12-9(16)6-14-10-8(15(17)18)3-7(4-11)5-13-10/h3,5H,2,6H2,1H3,(H,12,16)(H,13,14). The first-order chi connectivity index (χ1) is 8.58. The largest absolute Gasteiger partial charge is 0.355 e. The van der Waals surface area contributed by atoms with Gasteiger partial charge in [0.05, 0.1) is 17.0 Å². The molecular formula is C10H11N5O3. The molecule has 0 aliphatic heterocycles. The van der Waals surface area contributed by atoms with E-state index in [1.807, 2.05) is 0 Å². The van der Waals surface area contributed by atoms with Crippen molar-refractivity contribution in [2.75, 3.05) is 18.4 Å². The third kappa shape index (κ3) is 3.41. The molecule has 94 valence electrons. The van der Waals surface area contributed by atoms with Crippen molar-refractivity contribution in [3.63, 3.8) is 0 Å². The van der Waals surface area contributed by atoms with E-state index in [1.165, 1.54) is 6.20 Å². The number of nitrogens with zero attached hydrogens (tertiary/aromatic N) is 3. The first-order valence-electron chi connectivity index (χ1n) is 5.13. The van der Waals surface area contributed by atoms with Crippen LogP contribution in [0, 0.1) is 21.4 Å². The van der Waals surface area contributed by atoms with E-state index in [2.05, 4.69) is 15.6 Å². The molecule has 0 aromatic carbocycles. The van der Waals surface area contributed by atoms with Crippen molar-refractivity contribution >= 4 is 17.4 Å². The van der Waals surface area contributed by atoms with Crippen LogP contribution in [0.25, 0.3) is 0 Å². The highest BCUT2D eigenvalue weighted by atomic mass is 16.6. The lowest BCUT2D eigenvalue weighted by atomic mass is 10.3. The summed E-state index contributed by atoms with van der Waals surface area (Å²) in [6.45, 7) is 2.12. The highest BCUT2D eigenvalue weighted by molar-refractivity contribution is 5.81. The van der Waals surface area contributed by atoms with Crippen molar-refractivity contribution in [1.82, 2.24) is 10.3 Å². The van der Waals surface area contributed by atoms with Gasteiger partial charge in [-0.3, -0.25) is 14.9 Å². The van der Waals surface area contributed by atoms with E-state index in [9.17, 15) is 14.9 Å². The Morgan fingerprint density at radius 2 is 2.39 bits per heavy atom. The fraction of sp³-hybridized carbons (Fsp3) is 0.300. The van der Waals surface area contributed by atoms with E-state index in [0.717, 1.165) is 6.07 Å². The quantitative estimate of drug-likeness (QED) is 0.575. The van der Waals surface area contributed by atoms with Crippen LogP contribution in [0.1, 0.15) is 12.5 Å². The first kappa shape index (κ1) is 13.4. The topological polar surface area (TPSA) is 121 Å². The third-order valence-corrected chi connectivity index (χ3v) is 1.98. The monoisotopic (exact) mass is 249 g/mol. The number of aromatic nitrogens is 1. The summed E-state index contributed by atoms with van der Waals surface area (Å²) in [5, 5.41) is 24.5. The van der Waals surface area contributed by atoms with Crippen molar-refractivity contribution in [1.29, 1.82) is 5.26 Å². The van der Waals surface area contributed by atoms with Gasteiger partial charge in [-0.1, -0.05) is 0 Å². The number of nitriles is 1. The molecule has 0 aliphatic carbocycles. The van der Waals surface area contributed by atoms with Crippen LogP contribution in [0.3, 0.4) is 0 Å².